The molecule has 0 spiro atoms. The Morgan fingerprint density at radius 3 is 2.75 bits per heavy atom. The van der Waals surface area contributed by atoms with Crippen LogP contribution in [-0.4, -0.2) is 40.2 Å². The minimum Gasteiger partial charge on any atom is -0.481 e. The summed E-state index contributed by atoms with van der Waals surface area (Å²) in [4.78, 5) is 25.7. The maximum atomic E-state index is 12.3. The summed E-state index contributed by atoms with van der Waals surface area (Å²) in [6.45, 7) is 2.65. The Morgan fingerprint density at radius 2 is 2.15 bits per heavy atom. The highest BCUT2D eigenvalue weighted by molar-refractivity contribution is 8.00. The minimum atomic E-state index is -0.827. The van der Waals surface area contributed by atoms with Crippen molar-refractivity contribution in [3.63, 3.8) is 0 Å². The zero-order chi connectivity index (χ0) is 14.7. The number of amides is 1. The molecule has 2 rings (SSSR count). The molecule has 20 heavy (non-hydrogen) atoms. The van der Waals surface area contributed by atoms with Crippen LogP contribution < -0.4 is 0 Å². The second-order valence-corrected chi connectivity index (χ2v) is 6.59. The van der Waals surface area contributed by atoms with Gasteiger partial charge in [0, 0.05) is 18.0 Å². The fourth-order valence-corrected chi connectivity index (χ4v) is 3.44. The molecule has 1 amide bonds. The lowest BCUT2D eigenvalue weighted by Crippen LogP contribution is -2.35. The van der Waals surface area contributed by atoms with Crippen molar-refractivity contribution in [2.45, 2.75) is 23.5 Å². The van der Waals surface area contributed by atoms with Crippen molar-refractivity contribution in [2.75, 3.05) is 13.1 Å². The fraction of sp³-hybridized carbons (Fsp3) is 0.429. The molecule has 0 aromatic heterocycles. The first-order valence-corrected chi connectivity index (χ1v) is 7.67. The molecule has 0 aliphatic carbocycles. The van der Waals surface area contributed by atoms with Gasteiger partial charge in [-0.25, -0.2) is 0 Å². The molecule has 0 bridgehead atoms. The average Bonchev–Trinajstić information content (AvgIpc) is 2.90. The van der Waals surface area contributed by atoms with Gasteiger partial charge in [0.2, 0.25) is 5.91 Å². The highest BCUT2D eigenvalue weighted by Crippen LogP contribution is 2.31. The smallest absolute Gasteiger partial charge is 0.308 e. The Bertz CT molecular complexity index is 523. The van der Waals surface area contributed by atoms with Gasteiger partial charge in [0.15, 0.2) is 0 Å². The number of carboxylic acids is 1. The fourth-order valence-electron chi connectivity index (χ4n) is 2.20. The largest absolute Gasteiger partial charge is 0.481 e. The van der Waals surface area contributed by atoms with Crippen LogP contribution in [0.3, 0.4) is 0 Å². The number of carbonyl (C=O) groups excluding carboxylic acids is 1. The third-order valence-electron chi connectivity index (χ3n) is 3.34. The molecule has 1 aliphatic rings. The standard InChI is InChI=1S/C14H16ClNO3S/c1-9(20-12-5-3-2-4-11(12)15)13(17)16-7-6-10(8-16)14(18)19/h2-5,9-10H,6-8H2,1H3,(H,18,19). The molecule has 1 aromatic carbocycles. The van der Waals surface area contributed by atoms with Crippen LogP contribution in [0.1, 0.15) is 13.3 Å². The number of benzene rings is 1. The average molecular weight is 314 g/mol. The van der Waals surface area contributed by atoms with E-state index in [0.29, 0.717) is 24.5 Å². The summed E-state index contributed by atoms with van der Waals surface area (Å²) in [6.07, 6.45) is 0.532. The van der Waals surface area contributed by atoms with Crippen molar-refractivity contribution in [1.82, 2.24) is 4.90 Å². The molecule has 1 fully saturated rings. The van der Waals surface area contributed by atoms with Crippen molar-refractivity contribution in [1.29, 1.82) is 0 Å². The third-order valence-corrected chi connectivity index (χ3v) is 4.94. The van der Waals surface area contributed by atoms with Crippen molar-refractivity contribution < 1.29 is 14.7 Å². The Kier molecular flexibility index (Phi) is 4.94. The van der Waals surface area contributed by atoms with Gasteiger partial charge in [-0.2, -0.15) is 0 Å². The SMILES string of the molecule is CC(Sc1ccccc1Cl)C(=O)N1CCC(C(=O)O)C1. The second-order valence-electron chi connectivity index (χ2n) is 4.80. The molecule has 1 heterocycles. The Labute approximate surface area is 127 Å². The molecule has 1 N–H and O–H groups in total. The van der Waals surface area contributed by atoms with Crippen LogP contribution in [0.5, 0.6) is 0 Å². The molecule has 1 saturated heterocycles. The van der Waals surface area contributed by atoms with Gasteiger partial charge >= 0.3 is 5.97 Å². The normalized spacial score (nSPS) is 19.9. The Morgan fingerprint density at radius 1 is 1.45 bits per heavy atom. The first kappa shape index (κ1) is 15.2. The highest BCUT2D eigenvalue weighted by atomic mass is 35.5. The maximum absolute atomic E-state index is 12.3. The molecular formula is C14H16ClNO3S. The summed E-state index contributed by atoms with van der Waals surface area (Å²) in [5.41, 5.74) is 0. The predicted octanol–water partition coefficient (Wildman–Crippen LogP) is 2.75. The van der Waals surface area contributed by atoms with E-state index in [4.69, 9.17) is 16.7 Å². The van der Waals surface area contributed by atoms with Gasteiger partial charge in [0.1, 0.15) is 0 Å². The minimum absolute atomic E-state index is 0.0290. The molecule has 108 valence electrons. The Balaban J connectivity index is 1.96. The second kappa shape index (κ2) is 6.50. The van der Waals surface area contributed by atoms with Gasteiger partial charge in [0.25, 0.3) is 0 Å². The van der Waals surface area contributed by atoms with Crippen LogP contribution in [-0.2, 0) is 9.59 Å². The van der Waals surface area contributed by atoms with Gasteiger partial charge in [-0.15, -0.1) is 11.8 Å². The number of carboxylic acid groups (broad SMARTS) is 1. The summed E-state index contributed by atoms with van der Waals surface area (Å²) >= 11 is 7.48. The lowest BCUT2D eigenvalue weighted by molar-refractivity contribution is -0.141. The molecular weight excluding hydrogens is 298 g/mol. The first-order chi connectivity index (χ1) is 9.49. The monoisotopic (exact) mass is 313 g/mol. The van der Waals surface area contributed by atoms with Gasteiger partial charge < -0.3 is 10.0 Å². The van der Waals surface area contributed by atoms with E-state index in [9.17, 15) is 9.59 Å². The molecule has 1 aromatic rings. The molecule has 0 radical (unpaired) electrons. The van der Waals surface area contributed by atoms with Gasteiger partial charge in [0.05, 0.1) is 16.2 Å². The number of thioether (sulfide) groups is 1. The van der Waals surface area contributed by atoms with E-state index >= 15 is 0 Å². The number of aliphatic carboxylic acids is 1. The number of carbonyl (C=O) groups is 2. The van der Waals surface area contributed by atoms with E-state index in [0.717, 1.165) is 4.90 Å². The molecule has 4 nitrogen and oxygen atoms in total. The molecule has 2 unspecified atom stereocenters. The third kappa shape index (κ3) is 3.46. The van der Waals surface area contributed by atoms with Gasteiger partial charge in [-0.1, -0.05) is 23.7 Å². The summed E-state index contributed by atoms with van der Waals surface area (Å²) in [5, 5.41) is 9.31. The van der Waals surface area contributed by atoms with Crippen LogP contribution in [0.15, 0.2) is 29.2 Å². The van der Waals surface area contributed by atoms with Gasteiger partial charge in [-0.05, 0) is 25.5 Å². The van der Waals surface area contributed by atoms with E-state index in [-0.39, 0.29) is 11.2 Å². The summed E-state index contributed by atoms with van der Waals surface area (Å²) in [6, 6.07) is 7.39. The number of rotatable bonds is 4. The van der Waals surface area contributed by atoms with E-state index in [1.165, 1.54) is 11.8 Å². The summed E-state index contributed by atoms with van der Waals surface area (Å²) < 4.78 is 0. The summed E-state index contributed by atoms with van der Waals surface area (Å²) in [5.74, 6) is -1.29. The number of hydrogen-bond donors (Lipinski definition) is 1. The Hall–Kier alpha value is -1.20. The van der Waals surface area contributed by atoms with Crippen molar-refractivity contribution in [3.05, 3.63) is 29.3 Å². The topological polar surface area (TPSA) is 57.6 Å². The van der Waals surface area contributed by atoms with E-state index in [1.54, 1.807) is 11.0 Å². The lowest BCUT2D eigenvalue weighted by atomic mass is 10.1. The van der Waals surface area contributed by atoms with Crippen molar-refractivity contribution in [3.8, 4) is 0 Å². The number of nitrogens with zero attached hydrogens (tertiary/aromatic N) is 1. The van der Waals surface area contributed by atoms with E-state index < -0.39 is 11.9 Å². The number of halogens is 1. The number of hydrogen-bond acceptors (Lipinski definition) is 3. The molecule has 6 heteroatoms. The van der Waals surface area contributed by atoms with Crippen molar-refractivity contribution >= 4 is 35.2 Å². The predicted molar refractivity (Wildman–Crippen MR) is 79.1 cm³/mol. The van der Waals surface area contributed by atoms with E-state index in [2.05, 4.69) is 0 Å². The van der Waals surface area contributed by atoms with Crippen molar-refractivity contribution in [2.24, 2.45) is 5.92 Å². The zero-order valence-corrected chi connectivity index (χ0v) is 12.7. The molecule has 0 saturated carbocycles. The number of likely N-dealkylation sites (tertiary alicyclic amines) is 1. The lowest BCUT2D eigenvalue weighted by Gasteiger charge is -2.20. The molecule has 1 aliphatic heterocycles. The maximum Gasteiger partial charge on any atom is 0.308 e. The molecule has 2 atom stereocenters. The van der Waals surface area contributed by atoms with E-state index in [1.807, 2.05) is 25.1 Å². The quantitative estimate of drug-likeness (QED) is 0.868. The van der Waals surface area contributed by atoms with Gasteiger partial charge in [-0.3, -0.25) is 9.59 Å². The first-order valence-electron chi connectivity index (χ1n) is 6.42. The highest BCUT2D eigenvalue weighted by Gasteiger charge is 2.33. The summed E-state index contributed by atoms with van der Waals surface area (Å²) in [7, 11) is 0. The van der Waals surface area contributed by atoms with Crippen LogP contribution in [0.2, 0.25) is 5.02 Å². The van der Waals surface area contributed by atoms with Crippen LogP contribution in [0, 0.1) is 5.92 Å². The van der Waals surface area contributed by atoms with Crippen LogP contribution >= 0.6 is 23.4 Å². The van der Waals surface area contributed by atoms with Crippen LogP contribution in [0.4, 0.5) is 0 Å². The zero-order valence-electron chi connectivity index (χ0n) is 11.1. The van der Waals surface area contributed by atoms with Crippen LogP contribution in [0.25, 0.3) is 0 Å².